The molecule has 0 bridgehead atoms. The molecule has 0 radical (unpaired) electrons. The Morgan fingerprint density at radius 1 is 1.20 bits per heavy atom. The number of aromatic nitrogens is 1. The van der Waals surface area contributed by atoms with Gasteiger partial charge in [0.15, 0.2) is 4.80 Å². The van der Waals surface area contributed by atoms with E-state index in [0.717, 1.165) is 10.2 Å². The molecule has 2 aromatic carbocycles. The third kappa shape index (κ3) is 3.15. The topological polar surface area (TPSA) is 52.8 Å². The maximum Gasteiger partial charge on any atom is 0.287 e. The van der Waals surface area contributed by atoms with Crippen LogP contribution in [0, 0.1) is 5.82 Å². The monoisotopic (exact) mass is 360 g/mol. The van der Waals surface area contributed by atoms with Crippen LogP contribution in [-0.4, -0.2) is 24.7 Å². The van der Waals surface area contributed by atoms with Gasteiger partial charge in [-0.2, -0.15) is 4.99 Å². The number of ether oxygens (including phenoxy) is 2. The smallest absolute Gasteiger partial charge is 0.287 e. The van der Waals surface area contributed by atoms with Crippen molar-refractivity contribution in [3.8, 4) is 11.5 Å². The van der Waals surface area contributed by atoms with Crippen molar-refractivity contribution in [1.29, 1.82) is 0 Å². The molecule has 1 heterocycles. The van der Waals surface area contributed by atoms with Gasteiger partial charge in [-0.3, -0.25) is 4.79 Å². The molecule has 0 spiro atoms. The summed E-state index contributed by atoms with van der Waals surface area (Å²) in [6.07, 6.45) is 0. The van der Waals surface area contributed by atoms with Gasteiger partial charge in [0.05, 0.1) is 24.4 Å². The van der Waals surface area contributed by atoms with E-state index < -0.39 is 5.91 Å². The number of methoxy groups -OCH3 is 2. The first-order chi connectivity index (χ1) is 12.1. The first-order valence-corrected chi connectivity index (χ1v) is 8.49. The minimum atomic E-state index is -0.469. The fourth-order valence-corrected chi connectivity index (χ4v) is 3.76. The fourth-order valence-electron chi connectivity index (χ4n) is 2.64. The Morgan fingerprint density at radius 3 is 2.48 bits per heavy atom. The molecule has 1 amide bonds. The van der Waals surface area contributed by atoms with E-state index in [4.69, 9.17) is 9.47 Å². The van der Waals surface area contributed by atoms with Crippen LogP contribution in [0.15, 0.2) is 41.4 Å². The molecule has 3 rings (SSSR count). The van der Waals surface area contributed by atoms with Crippen molar-refractivity contribution >= 4 is 27.5 Å². The summed E-state index contributed by atoms with van der Waals surface area (Å²) in [5.41, 5.74) is 1.10. The molecule has 25 heavy (non-hydrogen) atoms. The number of benzene rings is 2. The number of halogens is 1. The molecule has 0 aliphatic rings. The fraction of sp³-hybridized carbons (Fsp3) is 0.222. The van der Waals surface area contributed by atoms with E-state index in [1.54, 1.807) is 24.3 Å². The average Bonchev–Trinajstić information content (AvgIpc) is 2.96. The van der Waals surface area contributed by atoms with Crippen molar-refractivity contribution < 1.29 is 18.7 Å². The van der Waals surface area contributed by atoms with Crippen LogP contribution in [-0.2, 0) is 6.54 Å². The van der Waals surface area contributed by atoms with Gasteiger partial charge in [0.25, 0.3) is 5.91 Å². The highest BCUT2D eigenvalue weighted by Gasteiger charge is 2.18. The Morgan fingerprint density at radius 2 is 1.88 bits per heavy atom. The number of hydrogen-bond donors (Lipinski definition) is 0. The van der Waals surface area contributed by atoms with Gasteiger partial charge in [0, 0.05) is 6.54 Å². The minimum absolute atomic E-state index is 0.263. The second kappa shape index (κ2) is 7.06. The van der Waals surface area contributed by atoms with Crippen LogP contribution < -0.4 is 14.3 Å². The van der Waals surface area contributed by atoms with E-state index in [-0.39, 0.29) is 11.4 Å². The lowest BCUT2D eigenvalue weighted by atomic mass is 10.1. The van der Waals surface area contributed by atoms with Gasteiger partial charge in [-0.1, -0.05) is 17.4 Å². The summed E-state index contributed by atoms with van der Waals surface area (Å²) in [4.78, 5) is 17.5. The standard InChI is InChI=1S/C18H17FN2O3S/c1-4-21-12-9-8-11(19)10-15(12)25-18(21)20-17(22)16-13(23-2)6-5-7-14(16)24-3/h5-10H,4H2,1-3H3. The van der Waals surface area contributed by atoms with Crippen LogP contribution in [0.4, 0.5) is 4.39 Å². The second-order valence-electron chi connectivity index (χ2n) is 5.20. The number of amides is 1. The number of thiazole rings is 1. The van der Waals surface area contributed by atoms with E-state index in [1.807, 2.05) is 11.5 Å². The molecule has 0 aliphatic carbocycles. The van der Waals surface area contributed by atoms with Gasteiger partial charge < -0.3 is 14.0 Å². The van der Waals surface area contributed by atoms with Gasteiger partial charge in [-0.15, -0.1) is 0 Å². The van der Waals surface area contributed by atoms with Crippen LogP contribution in [0.1, 0.15) is 17.3 Å². The van der Waals surface area contributed by atoms with Crippen LogP contribution in [0.3, 0.4) is 0 Å². The quantitative estimate of drug-likeness (QED) is 0.714. The van der Waals surface area contributed by atoms with Gasteiger partial charge in [-0.05, 0) is 37.3 Å². The molecule has 0 atom stereocenters. The predicted molar refractivity (Wildman–Crippen MR) is 94.9 cm³/mol. The van der Waals surface area contributed by atoms with Crippen molar-refractivity contribution in [2.24, 2.45) is 4.99 Å². The average molecular weight is 360 g/mol. The first-order valence-electron chi connectivity index (χ1n) is 7.68. The van der Waals surface area contributed by atoms with Crippen LogP contribution in [0.25, 0.3) is 10.2 Å². The summed E-state index contributed by atoms with van der Waals surface area (Å²) in [5.74, 6) is -0.00332. The summed E-state index contributed by atoms with van der Waals surface area (Å²) in [5, 5.41) is 0. The molecule has 0 N–H and O–H groups in total. The number of rotatable bonds is 4. The van der Waals surface area contributed by atoms with E-state index in [9.17, 15) is 9.18 Å². The maximum atomic E-state index is 13.5. The van der Waals surface area contributed by atoms with E-state index in [2.05, 4.69) is 4.99 Å². The molecular formula is C18H17FN2O3S. The molecule has 3 aromatic rings. The van der Waals surface area contributed by atoms with Gasteiger partial charge in [-0.25, -0.2) is 4.39 Å². The van der Waals surface area contributed by atoms with Crippen molar-refractivity contribution in [3.63, 3.8) is 0 Å². The molecule has 0 fully saturated rings. The molecule has 0 saturated carbocycles. The highest BCUT2D eigenvalue weighted by molar-refractivity contribution is 7.16. The van der Waals surface area contributed by atoms with Crippen molar-refractivity contribution in [2.45, 2.75) is 13.5 Å². The molecule has 7 heteroatoms. The molecule has 0 unspecified atom stereocenters. The zero-order valence-electron chi connectivity index (χ0n) is 14.1. The van der Waals surface area contributed by atoms with E-state index in [0.29, 0.717) is 22.8 Å². The Labute approximate surface area is 148 Å². The predicted octanol–water partition coefficient (Wildman–Crippen LogP) is 3.62. The molecule has 0 aliphatic heterocycles. The summed E-state index contributed by atoms with van der Waals surface area (Å²) < 4.78 is 26.6. The van der Waals surface area contributed by atoms with Crippen LogP contribution in [0.2, 0.25) is 0 Å². The van der Waals surface area contributed by atoms with E-state index in [1.165, 1.54) is 37.7 Å². The minimum Gasteiger partial charge on any atom is -0.496 e. The highest BCUT2D eigenvalue weighted by Crippen LogP contribution is 2.29. The number of carbonyl (C=O) groups is 1. The van der Waals surface area contributed by atoms with Gasteiger partial charge >= 0.3 is 0 Å². The number of nitrogens with zero attached hydrogens (tertiary/aromatic N) is 2. The molecule has 0 saturated heterocycles. The van der Waals surface area contributed by atoms with Crippen LogP contribution >= 0.6 is 11.3 Å². The van der Waals surface area contributed by atoms with Crippen molar-refractivity contribution in [1.82, 2.24) is 4.57 Å². The zero-order chi connectivity index (χ0) is 18.0. The number of hydrogen-bond acceptors (Lipinski definition) is 4. The van der Waals surface area contributed by atoms with E-state index >= 15 is 0 Å². The summed E-state index contributed by atoms with van der Waals surface area (Å²) in [7, 11) is 2.97. The highest BCUT2D eigenvalue weighted by atomic mass is 32.1. The van der Waals surface area contributed by atoms with Crippen molar-refractivity contribution in [3.05, 3.63) is 52.6 Å². The van der Waals surface area contributed by atoms with Gasteiger partial charge in [0.2, 0.25) is 0 Å². The largest absolute Gasteiger partial charge is 0.496 e. The van der Waals surface area contributed by atoms with Gasteiger partial charge in [0.1, 0.15) is 22.9 Å². The zero-order valence-corrected chi connectivity index (χ0v) is 14.9. The lowest BCUT2D eigenvalue weighted by molar-refractivity contribution is 0.0992. The SMILES string of the molecule is CCn1c(=NC(=O)c2c(OC)cccc2OC)sc2cc(F)ccc21. The lowest BCUT2D eigenvalue weighted by Gasteiger charge is -2.09. The van der Waals surface area contributed by atoms with Crippen molar-refractivity contribution in [2.75, 3.05) is 14.2 Å². The maximum absolute atomic E-state index is 13.5. The summed E-state index contributed by atoms with van der Waals surface area (Å²) in [6, 6.07) is 9.63. The second-order valence-corrected chi connectivity index (χ2v) is 6.20. The Kier molecular flexibility index (Phi) is 4.85. The Hall–Kier alpha value is -2.67. The summed E-state index contributed by atoms with van der Waals surface area (Å²) >= 11 is 1.27. The number of aryl methyl sites for hydroxylation is 1. The number of carbonyl (C=O) groups excluding carboxylic acids is 1. The Bertz CT molecular complexity index is 985. The first kappa shape index (κ1) is 17.2. The number of fused-ring (bicyclic) bond motifs is 1. The molecular weight excluding hydrogens is 343 g/mol. The van der Waals surface area contributed by atoms with Crippen LogP contribution in [0.5, 0.6) is 11.5 Å². The third-order valence-corrected chi connectivity index (χ3v) is 4.84. The third-order valence-electron chi connectivity index (χ3n) is 3.80. The molecule has 130 valence electrons. The normalized spacial score (nSPS) is 11.8. The summed E-state index contributed by atoms with van der Waals surface area (Å²) in [6.45, 7) is 2.56. The lowest BCUT2D eigenvalue weighted by Crippen LogP contribution is -2.16. The Balaban J connectivity index is 2.19. The molecule has 5 nitrogen and oxygen atoms in total. The molecule has 1 aromatic heterocycles.